The van der Waals surface area contributed by atoms with E-state index in [-0.39, 0.29) is 11.3 Å². The fourth-order valence-electron chi connectivity index (χ4n) is 4.44. The summed E-state index contributed by atoms with van der Waals surface area (Å²) in [6.07, 6.45) is 3.65. The van der Waals surface area contributed by atoms with E-state index in [9.17, 15) is 4.79 Å². The average molecular weight is 353 g/mol. The average Bonchev–Trinajstić information content (AvgIpc) is 3.34. The lowest BCUT2D eigenvalue weighted by Crippen LogP contribution is -2.47. The third-order valence-corrected chi connectivity index (χ3v) is 5.87. The lowest BCUT2D eigenvalue weighted by molar-refractivity contribution is -0.131. The quantitative estimate of drug-likeness (QED) is 0.820. The third kappa shape index (κ3) is 3.15. The molecule has 2 fully saturated rings. The fourth-order valence-corrected chi connectivity index (χ4v) is 4.44. The van der Waals surface area contributed by atoms with E-state index in [1.54, 1.807) is 0 Å². The van der Waals surface area contributed by atoms with Gasteiger partial charge in [0.1, 0.15) is 0 Å². The van der Waals surface area contributed by atoms with Gasteiger partial charge in [-0.25, -0.2) is 4.98 Å². The topological polar surface area (TPSA) is 62.2 Å². The van der Waals surface area contributed by atoms with Crippen molar-refractivity contribution < 1.29 is 4.79 Å². The Bertz CT molecular complexity index is 759. The van der Waals surface area contributed by atoms with Gasteiger partial charge in [-0.3, -0.25) is 9.69 Å². The SMILES string of the molecule is CCn1cncc1CNC(=O)[C@@]12CNC[C@@H]1CN(Cc1ccccc1)C2. The van der Waals surface area contributed by atoms with E-state index in [0.717, 1.165) is 45.0 Å². The molecule has 2 aliphatic heterocycles. The molecule has 6 nitrogen and oxygen atoms in total. The molecule has 26 heavy (non-hydrogen) atoms. The van der Waals surface area contributed by atoms with E-state index in [0.29, 0.717) is 12.5 Å². The van der Waals surface area contributed by atoms with E-state index in [1.807, 2.05) is 18.6 Å². The van der Waals surface area contributed by atoms with Gasteiger partial charge in [-0.1, -0.05) is 30.3 Å². The van der Waals surface area contributed by atoms with Crippen LogP contribution in [0.25, 0.3) is 0 Å². The zero-order valence-corrected chi connectivity index (χ0v) is 15.3. The Balaban J connectivity index is 1.43. The van der Waals surface area contributed by atoms with Crippen LogP contribution in [0.3, 0.4) is 0 Å². The van der Waals surface area contributed by atoms with Crippen LogP contribution in [0.2, 0.25) is 0 Å². The molecule has 6 heteroatoms. The largest absolute Gasteiger partial charge is 0.350 e. The zero-order chi connectivity index (χ0) is 18.0. The number of fused-ring (bicyclic) bond motifs is 1. The van der Waals surface area contributed by atoms with Gasteiger partial charge in [-0.2, -0.15) is 0 Å². The smallest absolute Gasteiger partial charge is 0.229 e. The van der Waals surface area contributed by atoms with Gasteiger partial charge in [0.15, 0.2) is 0 Å². The minimum Gasteiger partial charge on any atom is -0.350 e. The van der Waals surface area contributed by atoms with Crippen LogP contribution in [-0.2, 0) is 24.4 Å². The first kappa shape index (κ1) is 17.2. The summed E-state index contributed by atoms with van der Waals surface area (Å²) in [7, 11) is 0. The molecule has 1 aromatic carbocycles. The van der Waals surface area contributed by atoms with Crippen molar-refractivity contribution in [1.82, 2.24) is 25.1 Å². The molecule has 1 aromatic heterocycles. The molecule has 0 unspecified atom stereocenters. The lowest BCUT2D eigenvalue weighted by Gasteiger charge is -2.27. The predicted molar refractivity (Wildman–Crippen MR) is 100 cm³/mol. The second kappa shape index (κ2) is 7.21. The highest BCUT2D eigenvalue weighted by Gasteiger charge is 2.54. The number of carbonyl (C=O) groups excluding carboxylic acids is 1. The summed E-state index contributed by atoms with van der Waals surface area (Å²) in [5, 5.41) is 6.62. The Morgan fingerprint density at radius 2 is 2.23 bits per heavy atom. The minimum atomic E-state index is -0.314. The Hall–Kier alpha value is -2.18. The predicted octanol–water partition coefficient (Wildman–Crippen LogP) is 1.24. The van der Waals surface area contributed by atoms with Crippen molar-refractivity contribution in [2.24, 2.45) is 11.3 Å². The number of nitrogens with one attached hydrogen (secondary N) is 2. The van der Waals surface area contributed by atoms with E-state index >= 15 is 0 Å². The molecular formula is C20H27N5O. The molecule has 0 aliphatic carbocycles. The van der Waals surface area contributed by atoms with Crippen molar-refractivity contribution >= 4 is 5.91 Å². The summed E-state index contributed by atoms with van der Waals surface area (Å²) in [6.45, 7) is 7.88. The summed E-state index contributed by atoms with van der Waals surface area (Å²) in [5.41, 5.74) is 2.05. The number of likely N-dealkylation sites (tertiary alicyclic amines) is 1. The number of carbonyl (C=O) groups is 1. The van der Waals surface area contributed by atoms with Gasteiger partial charge in [-0.05, 0) is 12.5 Å². The number of benzene rings is 1. The number of imidazole rings is 1. The molecule has 138 valence electrons. The van der Waals surface area contributed by atoms with Gasteiger partial charge in [0.2, 0.25) is 5.91 Å². The van der Waals surface area contributed by atoms with Crippen molar-refractivity contribution in [2.45, 2.75) is 26.6 Å². The van der Waals surface area contributed by atoms with Crippen LogP contribution in [0.5, 0.6) is 0 Å². The summed E-state index contributed by atoms with van der Waals surface area (Å²) >= 11 is 0. The zero-order valence-electron chi connectivity index (χ0n) is 15.3. The summed E-state index contributed by atoms with van der Waals surface area (Å²) in [4.78, 5) is 19.7. The first-order valence-electron chi connectivity index (χ1n) is 9.45. The molecule has 2 atom stereocenters. The highest BCUT2D eigenvalue weighted by Crippen LogP contribution is 2.39. The van der Waals surface area contributed by atoms with Crippen LogP contribution in [-0.4, -0.2) is 46.5 Å². The maximum Gasteiger partial charge on any atom is 0.229 e. The fraction of sp³-hybridized carbons (Fsp3) is 0.500. The summed E-state index contributed by atoms with van der Waals surface area (Å²) in [5.74, 6) is 0.550. The van der Waals surface area contributed by atoms with E-state index in [1.165, 1.54) is 5.56 Å². The molecule has 2 aromatic rings. The van der Waals surface area contributed by atoms with E-state index < -0.39 is 0 Å². The van der Waals surface area contributed by atoms with Crippen molar-refractivity contribution in [3.8, 4) is 0 Å². The van der Waals surface area contributed by atoms with Gasteiger partial charge >= 0.3 is 0 Å². The number of hydrogen-bond acceptors (Lipinski definition) is 4. The van der Waals surface area contributed by atoms with Crippen molar-refractivity contribution in [1.29, 1.82) is 0 Å². The number of nitrogens with zero attached hydrogens (tertiary/aromatic N) is 3. The molecule has 4 rings (SSSR count). The molecule has 0 bridgehead atoms. The molecule has 0 saturated carbocycles. The lowest BCUT2D eigenvalue weighted by atomic mass is 9.80. The monoisotopic (exact) mass is 353 g/mol. The molecule has 2 saturated heterocycles. The molecule has 3 heterocycles. The van der Waals surface area contributed by atoms with Gasteiger partial charge < -0.3 is 15.2 Å². The Morgan fingerprint density at radius 1 is 1.38 bits per heavy atom. The molecule has 0 spiro atoms. The maximum absolute atomic E-state index is 13.1. The van der Waals surface area contributed by atoms with Gasteiger partial charge in [0, 0.05) is 51.4 Å². The highest BCUT2D eigenvalue weighted by atomic mass is 16.2. The Morgan fingerprint density at radius 3 is 3.04 bits per heavy atom. The first-order chi connectivity index (χ1) is 12.7. The number of aromatic nitrogens is 2. The van der Waals surface area contributed by atoms with Gasteiger partial charge in [0.05, 0.1) is 24.0 Å². The second-order valence-corrected chi connectivity index (χ2v) is 7.49. The number of aryl methyl sites for hydroxylation is 1. The van der Waals surface area contributed by atoms with Crippen molar-refractivity contribution in [3.05, 3.63) is 54.1 Å². The van der Waals surface area contributed by atoms with Crippen molar-refractivity contribution in [2.75, 3.05) is 26.2 Å². The van der Waals surface area contributed by atoms with Crippen LogP contribution in [0.15, 0.2) is 42.9 Å². The van der Waals surface area contributed by atoms with Gasteiger partial charge in [0.25, 0.3) is 0 Å². The molecule has 0 radical (unpaired) electrons. The third-order valence-electron chi connectivity index (χ3n) is 5.87. The number of amides is 1. The Kier molecular flexibility index (Phi) is 4.78. The molecule has 2 N–H and O–H groups in total. The number of hydrogen-bond donors (Lipinski definition) is 2. The molecular weight excluding hydrogens is 326 g/mol. The van der Waals surface area contributed by atoms with E-state index in [4.69, 9.17) is 0 Å². The van der Waals surface area contributed by atoms with Crippen LogP contribution >= 0.6 is 0 Å². The highest BCUT2D eigenvalue weighted by molar-refractivity contribution is 5.84. The van der Waals surface area contributed by atoms with Gasteiger partial charge in [-0.15, -0.1) is 0 Å². The summed E-state index contributed by atoms with van der Waals surface area (Å²) in [6, 6.07) is 10.5. The molecule has 2 aliphatic rings. The second-order valence-electron chi connectivity index (χ2n) is 7.49. The standard InChI is InChI=1S/C20H27N5O/c1-2-25-15-22-9-18(25)10-23-19(26)20-13-21-8-17(20)12-24(14-20)11-16-6-4-3-5-7-16/h3-7,9,15,17,21H,2,8,10-14H2,1H3,(H,23,26)/t17-,20-/m1/s1. The summed E-state index contributed by atoms with van der Waals surface area (Å²) < 4.78 is 2.07. The van der Waals surface area contributed by atoms with Crippen LogP contribution in [0, 0.1) is 11.3 Å². The maximum atomic E-state index is 13.1. The van der Waals surface area contributed by atoms with Crippen LogP contribution in [0.4, 0.5) is 0 Å². The number of rotatable bonds is 6. The Labute approximate surface area is 154 Å². The van der Waals surface area contributed by atoms with Crippen LogP contribution < -0.4 is 10.6 Å². The molecule has 1 amide bonds. The van der Waals surface area contributed by atoms with Crippen LogP contribution in [0.1, 0.15) is 18.2 Å². The van der Waals surface area contributed by atoms with Crippen molar-refractivity contribution in [3.63, 3.8) is 0 Å². The van der Waals surface area contributed by atoms with E-state index in [2.05, 4.69) is 56.3 Å². The minimum absolute atomic E-state index is 0.173. The first-order valence-corrected chi connectivity index (χ1v) is 9.45. The normalized spacial score (nSPS) is 25.3.